The molecule has 0 bridgehead atoms. The maximum atomic E-state index is 12.1. The highest BCUT2D eigenvalue weighted by Gasteiger charge is 2.36. The molecular weight excluding hydrogens is 332 g/mol. The van der Waals surface area contributed by atoms with Gasteiger partial charge < -0.3 is 18.9 Å². The zero-order chi connectivity index (χ0) is 19.0. The molecule has 0 saturated heterocycles. The van der Waals surface area contributed by atoms with Gasteiger partial charge in [-0.1, -0.05) is 30.3 Å². The van der Waals surface area contributed by atoms with E-state index in [0.29, 0.717) is 25.7 Å². The summed E-state index contributed by atoms with van der Waals surface area (Å²) in [6, 6.07) is 10.1. The van der Waals surface area contributed by atoms with Gasteiger partial charge in [0.25, 0.3) is 0 Å². The zero-order valence-corrected chi connectivity index (χ0v) is 16.4. The Morgan fingerprint density at radius 2 is 1.73 bits per heavy atom. The number of methoxy groups -OCH3 is 1. The molecule has 1 aliphatic rings. The molecule has 0 spiro atoms. The molecule has 1 aromatic rings. The average molecular weight is 364 g/mol. The molecule has 0 heterocycles. The van der Waals surface area contributed by atoms with Gasteiger partial charge in [0.2, 0.25) is 0 Å². The van der Waals surface area contributed by atoms with Crippen molar-refractivity contribution in [1.29, 1.82) is 0 Å². The SMILES string of the molecule is COCO[C@@H]1C[C@H](COCc2ccccc2)[C@@H](COC(=O)C(C)(C)C)C1. The fourth-order valence-corrected chi connectivity index (χ4v) is 3.17. The predicted molar refractivity (Wildman–Crippen MR) is 99.5 cm³/mol. The fraction of sp³-hybridized carbons (Fsp3) is 0.667. The topological polar surface area (TPSA) is 54.0 Å². The molecule has 26 heavy (non-hydrogen) atoms. The standard InChI is InChI=1S/C21H32O5/c1-21(2,3)20(22)25-14-18-11-19(26-15-23-4)10-17(18)13-24-12-16-8-6-5-7-9-16/h5-9,17-19H,10-15H2,1-4H3/t17-,18-,19-/m1/s1. The van der Waals surface area contributed by atoms with Gasteiger partial charge in [-0.05, 0) is 45.1 Å². The summed E-state index contributed by atoms with van der Waals surface area (Å²) >= 11 is 0. The summed E-state index contributed by atoms with van der Waals surface area (Å²) in [6.07, 6.45) is 1.88. The second kappa shape index (κ2) is 10.0. The van der Waals surface area contributed by atoms with Gasteiger partial charge in [0.05, 0.1) is 31.3 Å². The van der Waals surface area contributed by atoms with E-state index in [1.807, 2.05) is 39.0 Å². The lowest BCUT2D eigenvalue weighted by Crippen LogP contribution is -2.27. The lowest BCUT2D eigenvalue weighted by molar-refractivity contribution is -0.155. The van der Waals surface area contributed by atoms with Crippen LogP contribution in [-0.4, -0.2) is 39.2 Å². The van der Waals surface area contributed by atoms with Gasteiger partial charge in [-0.2, -0.15) is 0 Å². The Balaban J connectivity index is 1.85. The van der Waals surface area contributed by atoms with Gasteiger partial charge in [0.1, 0.15) is 6.79 Å². The van der Waals surface area contributed by atoms with Crippen LogP contribution < -0.4 is 0 Å². The smallest absolute Gasteiger partial charge is 0.311 e. The largest absolute Gasteiger partial charge is 0.465 e. The molecule has 146 valence electrons. The van der Waals surface area contributed by atoms with Gasteiger partial charge in [0.15, 0.2) is 0 Å². The van der Waals surface area contributed by atoms with Crippen LogP contribution in [0.1, 0.15) is 39.2 Å². The van der Waals surface area contributed by atoms with E-state index >= 15 is 0 Å². The van der Waals surface area contributed by atoms with E-state index in [1.165, 1.54) is 0 Å². The third-order valence-corrected chi connectivity index (χ3v) is 4.70. The Labute approximate surface area is 157 Å². The van der Waals surface area contributed by atoms with Crippen LogP contribution >= 0.6 is 0 Å². The van der Waals surface area contributed by atoms with Crippen LogP contribution in [0, 0.1) is 17.3 Å². The van der Waals surface area contributed by atoms with Crippen molar-refractivity contribution in [1.82, 2.24) is 0 Å². The number of hydrogen-bond donors (Lipinski definition) is 0. The number of rotatable bonds is 9. The Morgan fingerprint density at radius 1 is 1.08 bits per heavy atom. The molecule has 2 rings (SSSR count). The molecule has 1 fully saturated rings. The van der Waals surface area contributed by atoms with Gasteiger partial charge in [-0.15, -0.1) is 0 Å². The van der Waals surface area contributed by atoms with Crippen molar-refractivity contribution in [2.45, 2.75) is 46.3 Å². The van der Waals surface area contributed by atoms with Crippen molar-refractivity contribution in [2.24, 2.45) is 17.3 Å². The van der Waals surface area contributed by atoms with E-state index in [0.717, 1.165) is 18.4 Å². The third kappa shape index (κ3) is 6.71. The van der Waals surface area contributed by atoms with Crippen LogP contribution in [0.15, 0.2) is 30.3 Å². The van der Waals surface area contributed by atoms with Crippen molar-refractivity contribution >= 4 is 5.97 Å². The molecule has 1 aliphatic carbocycles. The lowest BCUT2D eigenvalue weighted by atomic mass is 9.96. The molecule has 0 N–H and O–H groups in total. The number of ether oxygens (including phenoxy) is 4. The molecule has 0 aliphatic heterocycles. The van der Waals surface area contributed by atoms with Crippen LogP contribution in [0.25, 0.3) is 0 Å². The summed E-state index contributed by atoms with van der Waals surface area (Å²) in [4.78, 5) is 12.1. The van der Waals surface area contributed by atoms with Gasteiger partial charge in [-0.3, -0.25) is 4.79 Å². The molecule has 3 atom stereocenters. The Kier molecular flexibility index (Phi) is 8.07. The molecule has 0 unspecified atom stereocenters. The Bertz CT molecular complexity index is 537. The highest BCUT2D eigenvalue weighted by Crippen LogP contribution is 2.35. The van der Waals surface area contributed by atoms with E-state index in [4.69, 9.17) is 18.9 Å². The van der Waals surface area contributed by atoms with E-state index in [9.17, 15) is 4.79 Å². The molecule has 1 saturated carbocycles. The van der Waals surface area contributed by atoms with Gasteiger partial charge >= 0.3 is 5.97 Å². The van der Waals surface area contributed by atoms with Gasteiger partial charge in [0, 0.05) is 13.0 Å². The van der Waals surface area contributed by atoms with Crippen molar-refractivity contribution < 1.29 is 23.7 Å². The lowest BCUT2D eigenvalue weighted by Gasteiger charge is -2.22. The summed E-state index contributed by atoms with van der Waals surface area (Å²) in [6.45, 7) is 7.55. The first-order valence-electron chi connectivity index (χ1n) is 9.29. The van der Waals surface area contributed by atoms with Crippen LogP contribution in [0.2, 0.25) is 0 Å². The molecule has 0 amide bonds. The molecular formula is C21H32O5. The van der Waals surface area contributed by atoms with Crippen molar-refractivity contribution in [3.05, 3.63) is 35.9 Å². The molecule has 5 heteroatoms. The van der Waals surface area contributed by atoms with Crippen molar-refractivity contribution in [3.63, 3.8) is 0 Å². The first-order chi connectivity index (χ1) is 12.4. The third-order valence-electron chi connectivity index (χ3n) is 4.70. The van der Waals surface area contributed by atoms with Crippen LogP contribution in [-0.2, 0) is 30.3 Å². The highest BCUT2D eigenvalue weighted by atomic mass is 16.7. The zero-order valence-electron chi connectivity index (χ0n) is 16.4. The predicted octanol–water partition coefficient (Wildman–Crippen LogP) is 3.81. The Morgan fingerprint density at radius 3 is 2.35 bits per heavy atom. The number of benzene rings is 1. The second-order valence-electron chi connectivity index (χ2n) is 8.04. The first kappa shape index (κ1) is 20.9. The van der Waals surface area contributed by atoms with Crippen molar-refractivity contribution in [3.8, 4) is 0 Å². The highest BCUT2D eigenvalue weighted by molar-refractivity contribution is 5.75. The van der Waals surface area contributed by atoms with E-state index < -0.39 is 5.41 Å². The van der Waals surface area contributed by atoms with E-state index in [-0.39, 0.29) is 24.8 Å². The maximum Gasteiger partial charge on any atom is 0.311 e. The summed E-state index contributed by atoms with van der Waals surface area (Å²) in [5.41, 5.74) is 0.678. The maximum absolute atomic E-state index is 12.1. The normalized spacial score (nSPS) is 23.2. The second-order valence-corrected chi connectivity index (χ2v) is 8.04. The monoisotopic (exact) mass is 364 g/mol. The van der Waals surface area contributed by atoms with E-state index in [2.05, 4.69) is 12.1 Å². The molecule has 5 nitrogen and oxygen atoms in total. The summed E-state index contributed by atoms with van der Waals surface area (Å²) < 4.78 is 22.2. The molecule has 1 aromatic carbocycles. The van der Waals surface area contributed by atoms with E-state index in [1.54, 1.807) is 7.11 Å². The minimum absolute atomic E-state index is 0.124. The Hall–Kier alpha value is -1.43. The average Bonchev–Trinajstić information content (AvgIpc) is 3.00. The number of esters is 1. The number of carbonyl (C=O) groups excluding carboxylic acids is 1. The number of hydrogen-bond acceptors (Lipinski definition) is 5. The molecule has 0 radical (unpaired) electrons. The first-order valence-corrected chi connectivity index (χ1v) is 9.29. The van der Waals surface area contributed by atoms with Gasteiger partial charge in [-0.25, -0.2) is 0 Å². The van der Waals surface area contributed by atoms with Crippen LogP contribution in [0.3, 0.4) is 0 Å². The quantitative estimate of drug-likeness (QED) is 0.493. The molecule has 0 aromatic heterocycles. The van der Waals surface area contributed by atoms with Crippen LogP contribution in [0.5, 0.6) is 0 Å². The fourth-order valence-electron chi connectivity index (χ4n) is 3.17. The minimum atomic E-state index is -0.482. The number of carbonyl (C=O) groups is 1. The summed E-state index contributed by atoms with van der Waals surface area (Å²) in [5.74, 6) is 0.398. The van der Waals surface area contributed by atoms with Crippen LogP contribution in [0.4, 0.5) is 0 Å². The summed E-state index contributed by atoms with van der Waals surface area (Å²) in [5, 5.41) is 0. The minimum Gasteiger partial charge on any atom is -0.465 e. The summed E-state index contributed by atoms with van der Waals surface area (Å²) in [7, 11) is 1.62. The van der Waals surface area contributed by atoms with Crippen molar-refractivity contribution in [2.75, 3.05) is 27.1 Å².